The van der Waals surface area contributed by atoms with Crippen molar-refractivity contribution in [1.29, 1.82) is 0 Å². The fourth-order valence-corrected chi connectivity index (χ4v) is 4.21. The largest absolute Gasteiger partial charge is 0.317 e. The number of hydrogen-bond acceptors (Lipinski definition) is 3. The number of rotatable bonds is 1. The van der Waals surface area contributed by atoms with Gasteiger partial charge < -0.3 is 5.32 Å². The van der Waals surface area contributed by atoms with Crippen molar-refractivity contribution in [2.45, 2.75) is 25.7 Å². The number of nitrogens with one attached hydrogen (secondary N) is 1. The Kier molecular flexibility index (Phi) is 3.62. The summed E-state index contributed by atoms with van der Waals surface area (Å²) < 4.78 is 25.4. The second-order valence-corrected chi connectivity index (χ2v) is 7.22. The summed E-state index contributed by atoms with van der Waals surface area (Å²) in [6, 6.07) is 7.94. The number of nitrogens with zero attached hydrogens (tertiary/aromatic N) is 1. The van der Waals surface area contributed by atoms with Gasteiger partial charge in [-0.2, -0.15) is 0 Å². The fourth-order valence-electron chi connectivity index (χ4n) is 3.21. The number of benzene rings is 1. The Labute approximate surface area is 115 Å². The van der Waals surface area contributed by atoms with Crippen LogP contribution in [0.25, 0.3) is 0 Å². The molecule has 1 N–H and O–H groups in total. The van der Waals surface area contributed by atoms with Gasteiger partial charge in [0.1, 0.15) is 0 Å². The predicted octanol–water partition coefficient (Wildman–Crippen LogP) is 1.72. The highest BCUT2D eigenvalue weighted by atomic mass is 32.2. The maximum Gasteiger partial charge on any atom is 0.232 e. The molecule has 0 atom stereocenters. The molecule has 1 saturated heterocycles. The van der Waals surface area contributed by atoms with Crippen LogP contribution < -0.4 is 9.62 Å². The van der Waals surface area contributed by atoms with E-state index in [1.54, 1.807) is 4.31 Å². The van der Waals surface area contributed by atoms with Gasteiger partial charge in [-0.3, -0.25) is 4.31 Å². The molecule has 0 saturated carbocycles. The Morgan fingerprint density at radius 3 is 2.47 bits per heavy atom. The van der Waals surface area contributed by atoms with Gasteiger partial charge in [0.25, 0.3) is 0 Å². The lowest BCUT2D eigenvalue weighted by Gasteiger charge is -2.34. The summed E-state index contributed by atoms with van der Waals surface area (Å²) in [5.74, 6) is 0. The van der Waals surface area contributed by atoms with E-state index in [0.29, 0.717) is 6.54 Å². The van der Waals surface area contributed by atoms with Crippen LogP contribution >= 0.6 is 0 Å². The van der Waals surface area contributed by atoms with Crippen molar-refractivity contribution >= 4 is 15.7 Å². The zero-order valence-corrected chi connectivity index (χ0v) is 11.3. The molecule has 0 unspecified atom stereocenters. The molecule has 1 spiro atoms. The topological polar surface area (TPSA) is 49.4 Å². The molecule has 1 aromatic rings. The molecule has 106 valence electrons. The molecule has 2 heterocycles. The first-order valence-electron chi connectivity index (χ1n) is 6.31. The molecule has 0 bridgehead atoms. The van der Waals surface area contributed by atoms with Crippen LogP contribution in [0.15, 0.2) is 24.3 Å². The van der Waals surface area contributed by atoms with Crippen molar-refractivity contribution in [2.24, 2.45) is 0 Å². The normalized spacial score (nSPS) is 21.0. The zero-order chi connectivity index (χ0) is 12.8. The molecule has 0 amide bonds. The van der Waals surface area contributed by atoms with Crippen molar-refractivity contribution in [3.63, 3.8) is 0 Å². The Morgan fingerprint density at radius 1 is 1.21 bits per heavy atom. The van der Waals surface area contributed by atoms with E-state index in [1.807, 2.05) is 18.2 Å². The van der Waals surface area contributed by atoms with E-state index in [9.17, 15) is 8.42 Å². The van der Waals surface area contributed by atoms with Crippen LogP contribution in [0.1, 0.15) is 25.8 Å². The van der Waals surface area contributed by atoms with Gasteiger partial charge >= 0.3 is 0 Å². The van der Waals surface area contributed by atoms with Crippen molar-refractivity contribution in [2.75, 3.05) is 30.2 Å². The average Bonchev–Trinajstić information content (AvgIpc) is 2.66. The van der Waals surface area contributed by atoms with E-state index in [-0.39, 0.29) is 12.8 Å². The first-order chi connectivity index (χ1) is 8.53. The quantitative estimate of drug-likeness (QED) is 0.853. The Balaban J connectivity index is 0.00000133. The van der Waals surface area contributed by atoms with Crippen LogP contribution in [0, 0.1) is 0 Å². The Morgan fingerprint density at radius 2 is 1.84 bits per heavy atom. The summed E-state index contributed by atoms with van der Waals surface area (Å²) >= 11 is 0. The molecule has 4 nitrogen and oxygen atoms in total. The molecular weight excluding hydrogens is 260 g/mol. The van der Waals surface area contributed by atoms with Gasteiger partial charge in [-0.25, -0.2) is 8.42 Å². The SMILES string of the molecule is C.CS(=O)(=O)N1CC2(CCNCC2)c2ccccc21. The van der Waals surface area contributed by atoms with Crippen LogP contribution in [-0.2, 0) is 15.4 Å². The summed E-state index contributed by atoms with van der Waals surface area (Å²) in [7, 11) is -3.18. The highest BCUT2D eigenvalue weighted by Crippen LogP contribution is 2.46. The first kappa shape index (κ1) is 14.3. The van der Waals surface area contributed by atoms with Crippen LogP contribution in [0.2, 0.25) is 0 Å². The predicted molar refractivity (Wildman–Crippen MR) is 79.1 cm³/mol. The number of anilines is 1. The van der Waals surface area contributed by atoms with E-state index in [2.05, 4.69) is 11.4 Å². The van der Waals surface area contributed by atoms with Gasteiger partial charge in [0, 0.05) is 12.0 Å². The van der Waals surface area contributed by atoms with E-state index in [4.69, 9.17) is 0 Å². The van der Waals surface area contributed by atoms with Crippen molar-refractivity contribution in [1.82, 2.24) is 5.32 Å². The van der Waals surface area contributed by atoms with E-state index in [0.717, 1.165) is 31.6 Å². The highest BCUT2D eigenvalue weighted by Gasteiger charge is 2.45. The van der Waals surface area contributed by atoms with Gasteiger partial charge in [-0.1, -0.05) is 25.6 Å². The standard InChI is InChI=1S/C13H18N2O2S.CH4/c1-18(16,17)15-10-13(6-8-14-9-7-13)11-4-2-3-5-12(11)15;/h2-5,14H,6-10H2,1H3;1H4. The smallest absolute Gasteiger partial charge is 0.232 e. The number of sulfonamides is 1. The monoisotopic (exact) mass is 282 g/mol. The lowest BCUT2D eigenvalue weighted by Crippen LogP contribution is -2.44. The molecule has 19 heavy (non-hydrogen) atoms. The van der Waals surface area contributed by atoms with Gasteiger partial charge in [0.05, 0.1) is 11.9 Å². The van der Waals surface area contributed by atoms with Gasteiger partial charge in [0.2, 0.25) is 10.0 Å². The number of para-hydroxylation sites is 1. The third-order valence-corrected chi connectivity index (χ3v) is 5.28. The van der Waals surface area contributed by atoms with Gasteiger partial charge in [0.15, 0.2) is 0 Å². The molecule has 1 fully saturated rings. The average molecular weight is 282 g/mol. The first-order valence-corrected chi connectivity index (χ1v) is 8.16. The van der Waals surface area contributed by atoms with Crippen LogP contribution in [0.3, 0.4) is 0 Å². The van der Waals surface area contributed by atoms with Gasteiger partial charge in [-0.15, -0.1) is 0 Å². The molecule has 0 aromatic heterocycles. The second kappa shape index (κ2) is 4.80. The van der Waals surface area contributed by atoms with Crippen LogP contribution in [-0.4, -0.2) is 34.3 Å². The summed E-state index contributed by atoms with van der Waals surface area (Å²) in [6.07, 6.45) is 3.32. The minimum absolute atomic E-state index is 0. The fraction of sp³-hybridized carbons (Fsp3) is 0.571. The van der Waals surface area contributed by atoms with Crippen LogP contribution in [0.5, 0.6) is 0 Å². The molecular formula is C14H22N2O2S. The molecule has 1 aromatic carbocycles. The third-order valence-electron chi connectivity index (χ3n) is 4.15. The molecule has 0 aliphatic carbocycles. The molecule has 2 aliphatic heterocycles. The van der Waals surface area contributed by atoms with E-state index < -0.39 is 10.0 Å². The Bertz CT molecular complexity index is 563. The minimum atomic E-state index is -3.18. The summed E-state index contributed by atoms with van der Waals surface area (Å²) in [6.45, 7) is 2.53. The minimum Gasteiger partial charge on any atom is -0.317 e. The number of piperidine rings is 1. The van der Waals surface area contributed by atoms with Crippen molar-refractivity contribution in [3.05, 3.63) is 29.8 Å². The maximum absolute atomic E-state index is 11.9. The van der Waals surface area contributed by atoms with Crippen LogP contribution in [0.4, 0.5) is 5.69 Å². The second-order valence-electron chi connectivity index (χ2n) is 5.32. The Hall–Kier alpha value is -1.07. The van der Waals surface area contributed by atoms with Crippen molar-refractivity contribution < 1.29 is 8.42 Å². The van der Waals surface area contributed by atoms with E-state index in [1.165, 1.54) is 11.8 Å². The van der Waals surface area contributed by atoms with E-state index >= 15 is 0 Å². The highest BCUT2D eigenvalue weighted by molar-refractivity contribution is 7.92. The lowest BCUT2D eigenvalue weighted by atomic mass is 9.75. The molecule has 2 aliphatic rings. The molecule has 0 radical (unpaired) electrons. The maximum atomic E-state index is 11.9. The third kappa shape index (κ3) is 2.25. The molecule has 3 rings (SSSR count). The van der Waals surface area contributed by atoms with Crippen molar-refractivity contribution in [3.8, 4) is 0 Å². The summed E-state index contributed by atoms with van der Waals surface area (Å²) in [4.78, 5) is 0. The zero-order valence-electron chi connectivity index (χ0n) is 10.5. The molecule has 5 heteroatoms. The number of fused-ring (bicyclic) bond motifs is 2. The lowest BCUT2D eigenvalue weighted by molar-refractivity contribution is 0.330. The summed E-state index contributed by atoms with van der Waals surface area (Å²) in [5.41, 5.74) is 2.10. The number of hydrogen-bond donors (Lipinski definition) is 1. The van der Waals surface area contributed by atoms with Gasteiger partial charge in [-0.05, 0) is 37.6 Å². The summed E-state index contributed by atoms with van der Waals surface area (Å²) in [5, 5.41) is 3.35.